The van der Waals surface area contributed by atoms with Crippen LogP contribution in [0.15, 0.2) is 11.4 Å². The van der Waals surface area contributed by atoms with Gasteiger partial charge in [-0.05, 0) is 43.2 Å². The first kappa shape index (κ1) is 14.5. The molecule has 114 valence electrons. The number of carboxylic acids is 1. The van der Waals surface area contributed by atoms with Gasteiger partial charge in [0.2, 0.25) is 5.91 Å². The molecule has 0 bridgehead atoms. The van der Waals surface area contributed by atoms with E-state index < -0.39 is 17.4 Å². The quantitative estimate of drug-likeness (QED) is 0.892. The normalized spacial score (nSPS) is 31.7. The Labute approximate surface area is 127 Å². The average Bonchev–Trinajstić information content (AvgIpc) is 3.06. The maximum atomic E-state index is 12.6. The molecule has 0 saturated carbocycles. The molecule has 2 heterocycles. The first-order chi connectivity index (χ1) is 10.0. The highest BCUT2D eigenvalue weighted by atomic mass is 32.1. The van der Waals surface area contributed by atoms with Crippen molar-refractivity contribution in [3.8, 4) is 0 Å². The SMILES string of the molecule is CC1(C(=O)O)COCC1NC(=O)C1CCCc2sccc21. The minimum atomic E-state index is -1.04. The van der Waals surface area contributed by atoms with Crippen LogP contribution in [0.2, 0.25) is 0 Å². The van der Waals surface area contributed by atoms with Gasteiger partial charge in [0.15, 0.2) is 0 Å². The predicted octanol–water partition coefficient (Wildman–Crippen LogP) is 1.77. The van der Waals surface area contributed by atoms with Crippen molar-refractivity contribution >= 4 is 23.2 Å². The van der Waals surface area contributed by atoms with E-state index in [0.29, 0.717) is 0 Å². The van der Waals surface area contributed by atoms with Crippen LogP contribution in [0.3, 0.4) is 0 Å². The number of aryl methyl sites for hydroxylation is 1. The van der Waals surface area contributed by atoms with Crippen LogP contribution in [-0.4, -0.2) is 36.2 Å². The number of thiophene rings is 1. The number of aliphatic carboxylic acids is 1. The van der Waals surface area contributed by atoms with E-state index in [2.05, 4.69) is 5.32 Å². The highest BCUT2D eigenvalue weighted by Crippen LogP contribution is 2.36. The number of fused-ring (bicyclic) bond motifs is 1. The Morgan fingerprint density at radius 1 is 1.52 bits per heavy atom. The van der Waals surface area contributed by atoms with Gasteiger partial charge in [0.05, 0.1) is 25.2 Å². The van der Waals surface area contributed by atoms with Gasteiger partial charge in [0.1, 0.15) is 5.41 Å². The summed E-state index contributed by atoms with van der Waals surface area (Å²) in [7, 11) is 0. The van der Waals surface area contributed by atoms with Crippen molar-refractivity contribution in [3.05, 3.63) is 21.9 Å². The minimum Gasteiger partial charge on any atom is -0.481 e. The summed E-state index contributed by atoms with van der Waals surface area (Å²) in [5.41, 5.74) is 0.0709. The number of hydrogen-bond donors (Lipinski definition) is 2. The molecular weight excluding hydrogens is 290 g/mol. The summed E-state index contributed by atoms with van der Waals surface area (Å²) in [6.45, 7) is 2.03. The van der Waals surface area contributed by atoms with E-state index in [1.807, 2.05) is 11.4 Å². The number of carbonyl (C=O) groups is 2. The number of nitrogens with one attached hydrogen (secondary N) is 1. The first-order valence-corrected chi connectivity index (χ1v) is 8.08. The van der Waals surface area contributed by atoms with Crippen molar-refractivity contribution in [2.75, 3.05) is 13.2 Å². The van der Waals surface area contributed by atoms with Crippen molar-refractivity contribution < 1.29 is 19.4 Å². The Bertz CT molecular complexity index is 570. The van der Waals surface area contributed by atoms with Gasteiger partial charge in [-0.3, -0.25) is 9.59 Å². The second-order valence-electron chi connectivity index (χ2n) is 6.04. The van der Waals surface area contributed by atoms with Crippen LogP contribution in [-0.2, 0) is 20.7 Å². The van der Waals surface area contributed by atoms with E-state index >= 15 is 0 Å². The molecule has 0 aromatic carbocycles. The summed E-state index contributed by atoms with van der Waals surface area (Å²) < 4.78 is 5.28. The number of amides is 1. The molecule has 1 amide bonds. The molecule has 2 N–H and O–H groups in total. The first-order valence-electron chi connectivity index (χ1n) is 7.20. The highest BCUT2D eigenvalue weighted by Gasteiger charge is 2.48. The molecule has 6 heteroatoms. The fourth-order valence-corrected chi connectivity index (χ4v) is 4.10. The summed E-state index contributed by atoms with van der Waals surface area (Å²) in [5.74, 6) is -1.15. The summed E-state index contributed by atoms with van der Waals surface area (Å²) in [6, 6.07) is 1.55. The van der Waals surface area contributed by atoms with Crippen LogP contribution in [0, 0.1) is 5.41 Å². The molecule has 1 aliphatic carbocycles. The summed E-state index contributed by atoms with van der Waals surface area (Å²) >= 11 is 1.70. The molecule has 3 rings (SSSR count). The molecule has 21 heavy (non-hydrogen) atoms. The molecule has 1 aromatic rings. The molecule has 0 radical (unpaired) electrons. The van der Waals surface area contributed by atoms with E-state index in [0.717, 1.165) is 24.8 Å². The zero-order valence-corrected chi connectivity index (χ0v) is 12.7. The van der Waals surface area contributed by atoms with E-state index in [1.54, 1.807) is 18.3 Å². The Hall–Kier alpha value is -1.40. The minimum absolute atomic E-state index is 0.0719. The molecule has 3 atom stereocenters. The maximum Gasteiger partial charge on any atom is 0.313 e. The number of ether oxygens (including phenoxy) is 1. The lowest BCUT2D eigenvalue weighted by Gasteiger charge is -2.28. The van der Waals surface area contributed by atoms with Crippen LogP contribution in [0.5, 0.6) is 0 Å². The third-order valence-corrected chi connectivity index (χ3v) is 5.63. The number of rotatable bonds is 3. The molecule has 0 spiro atoms. The zero-order chi connectivity index (χ0) is 15.0. The maximum absolute atomic E-state index is 12.6. The molecule has 2 aliphatic rings. The predicted molar refractivity (Wildman–Crippen MR) is 78.5 cm³/mol. The van der Waals surface area contributed by atoms with E-state index in [1.165, 1.54) is 4.88 Å². The van der Waals surface area contributed by atoms with Crippen molar-refractivity contribution in [2.45, 2.75) is 38.1 Å². The lowest BCUT2D eigenvalue weighted by Crippen LogP contribution is -2.51. The molecule has 3 unspecified atom stereocenters. The van der Waals surface area contributed by atoms with E-state index in [9.17, 15) is 14.7 Å². The monoisotopic (exact) mass is 309 g/mol. The number of carboxylic acid groups (broad SMARTS) is 1. The van der Waals surface area contributed by atoms with Gasteiger partial charge in [-0.1, -0.05) is 0 Å². The van der Waals surface area contributed by atoms with Crippen LogP contribution >= 0.6 is 11.3 Å². The van der Waals surface area contributed by atoms with Crippen LogP contribution < -0.4 is 5.32 Å². The van der Waals surface area contributed by atoms with Crippen molar-refractivity contribution in [3.63, 3.8) is 0 Å². The van der Waals surface area contributed by atoms with Gasteiger partial charge in [0.25, 0.3) is 0 Å². The molecule has 1 aromatic heterocycles. The summed E-state index contributed by atoms with van der Waals surface area (Å²) in [6.07, 6.45) is 2.87. The molecule has 1 saturated heterocycles. The fraction of sp³-hybridized carbons (Fsp3) is 0.600. The van der Waals surface area contributed by atoms with Gasteiger partial charge in [-0.2, -0.15) is 0 Å². The Kier molecular flexibility index (Phi) is 3.75. The third-order valence-electron chi connectivity index (χ3n) is 4.63. The van der Waals surface area contributed by atoms with Gasteiger partial charge >= 0.3 is 5.97 Å². The summed E-state index contributed by atoms with van der Waals surface area (Å²) in [4.78, 5) is 25.3. The molecule has 1 aliphatic heterocycles. The second kappa shape index (κ2) is 5.42. The third kappa shape index (κ3) is 2.46. The van der Waals surface area contributed by atoms with E-state index in [-0.39, 0.29) is 25.0 Å². The topological polar surface area (TPSA) is 75.6 Å². The summed E-state index contributed by atoms with van der Waals surface area (Å²) in [5, 5.41) is 14.3. The van der Waals surface area contributed by atoms with Crippen molar-refractivity contribution in [1.29, 1.82) is 0 Å². The molecule has 5 nitrogen and oxygen atoms in total. The smallest absolute Gasteiger partial charge is 0.313 e. The van der Waals surface area contributed by atoms with Crippen LogP contribution in [0.25, 0.3) is 0 Å². The van der Waals surface area contributed by atoms with Gasteiger partial charge in [-0.15, -0.1) is 11.3 Å². The largest absolute Gasteiger partial charge is 0.481 e. The standard InChI is InChI=1S/C15H19NO4S/c1-15(14(18)19)8-20-7-12(15)16-13(17)10-3-2-4-11-9(10)5-6-21-11/h5-6,10,12H,2-4,7-8H2,1H3,(H,16,17)(H,18,19). The Morgan fingerprint density at radius 2 is 2.33 bits per heavy atom. The fourth-order valence-electron chi connectivity index (χ4n) is 3.12. The van der Waals surface area contributed by atoms with Crippen LogP contribution in [0.1, 0.15) is 36.1 Å². The molecular formula is C15H19NO4S. The number of hydrogen-bond acceptors (Lipinski definition) is 4. The zero-order valence-electron chi connectivity index (χ0n) is 11.9. The molecule has 1 fully saturated rings. The van der Waals surface area contributed by atoms with Crippen molar-refractivity contribution in [2.24, 2.45) is 5.41 Å². The van der Waals surface area contributed by atoms with Crippen LogP contribution in [0.4, 0.5) is 0 Å². The number of carbonyl (C=O) groups excluding carboxylic acids is 1. The lowest BCUT2D eigenvalue weighted by molar-refractivity contribution is -0.149. The second-order valence-corrected chi connectivity index (χ2v) is 7.04. The van der Waals surface area contributed by atoms with Gasteiger partial charge < -0.3 is 15.2 Å². The Morgan fingerprint density at radius 3 is 3.10 bits per heavy atom. The van der Waals surface area contributed by atoms with Crippen molar-refractivity contribution in [1.82, 2.24) is 5.32 Å². The highest BCUT2D eigenvalue weighted by molar-refractivity contribution is 7.10. The van der Waals surface area contributed by atoms with E-state index in [4.69, 9.17) is 4.74 Å². The van der Waals surface area contributed by atoms with Gasteiger partial charge in [0, 0.05) is 4.88 Å². The average molecular weight is 309 g/mol. The lowest BCUT2D eigenvalue weighted by atomic mass is 9.83. The van der Waals surface area contributed by atoms with Gasteiger partial charge in [-0.25, -0.2) is 0 Å². The Balaban J connectivity index is 1.75.